The van der Waals surface area contributed by atoms with Gasteiger partial charge in [0.2, 0.25) is 0 Å². The van der Waals surface area contributed by atoms with Gasteiger partial charge in [0.15, 0.2) is 5.69 Å². The zero-order valence-electron chi connectivity index (χ0n) is 9.94. The Morgan fingerprint density at radius 2 is 2.00 bits per heavy atom. The summed E-state index contributed by atoms with van der Waals surface area (Å²) in [5.74, 6) is -0.444. The predicted octanol–water partition coefficient (Wildman–Crippen LogP) is 4.32. The molecule has 0 bridgehead atoms. The molecule has 20 heavy (non-hydrogen) atoms. The van der Waals surface area contributed by atoms with Crippen LogP contribution in [-0.2, 0) is 0 Å². The average Bonchev–Trinajstić information content (AvgIpc) is 2.76. The van der Waals surface area contributed by atoms with Crippen molar-refractivity contribution in [3.8, 4) is 17.3 Å². The highest BCUT2D eigenvalue weighted by Gasteiger charge is 2.16. The smallest absolute Gasteiger partial charge is 0.152 e. The molecule has 0 aliphatic carbocycles. The van der Waals surface area contributed by atoms with Crippen molar-refractivity contribution in [2.75, 3.05) is 0 Å². The maximum absolute atomic E-state index is 13.3. The van der Waals surface area contributed by atoms with Gasteiger partial charge < -0.3 is 0 Å². The molecule has 0 radical (unpaired) electrons. The summed E-state index contributed by atoms with van der Waals surface area (Å²) >= 11 is 12.0. The molecule has 3 rings (SSSR count). The minimum atomic E-state index is -0.444. The van der Waals surface area contributed by atoms with Gasteiger partial charge in [-0.05, 0) is 30.3 Å². The Morgan fingerprint density at radius 3 is 2.70 bits per heavy atom. The molecular weight excluding hydrogens is 300 g/mol. The first-order chi connectivity index (χ1) is 9.60. The molecule has 0 saturated heterocycles. The van der Waals surface area contributed by atoms with Crippen LogP contribution in [0.4, 0.5) is 4.39 Å². The lowest BCUT2D eigenvalue weighted by atomic mass is 10.1. The molecule has 1 aromatic carbocycles. The minimum absolute atomic E-state index is 0.226. The highest BCUT2D eigenvalue weighted by Crippen LogP contribution is 2.32. The van der Waals surface area contributed by atoms with E-state index in [9.17, 15) is 9.65 Å². The van der Waals surface area contributed by atoms with Crippen molar-refractivity contribution in [2.24, 2.45) is 0 Å². The summed E-state index contributed by atoms with van der Waals surface area (Å²) in [7, 11) is 0. The number of rotatable bonds is 1. The van der Waals surface area contributed by atoms with E-state index in [2.05, 4.69) is 4.98 Å². The molecule has 0 aliphatic heterocycles. The van der Waals surface area contributed by atoms with Crippen LogP contribution in [0.2, 0.25) is 10.0 Å². The fraction of sp³-hybridized carbons (Fsp3) is 0. The first-order valence-corrected chi connectivity index (χ1v) is 6.39. The van der Waals surface area contributed by atoms with E-state index in [1.54, 1.807) is 18.2 Å². The normalized spacial score (nSPS) is 10.7. The summed E-state index contributed by atoms with van der Waals surface area (Å²) in [5, 5.41) is 10.2. The Hall–Kier alpha value is -2.09. The van der Waals surface area contributed by atoms with E-state index in [1.807, 2.05) is 6.07 Å². The topological polar surface area (TPSA) is 41.1 Å². The van der Waals surface area contributed by atoms with Crippen LogP contribution in [-0.4, -0.2) is 9.38 Å². The van der Waals surface area contributed by atoms with Crippen LogP contribution in [0.15, 0.2) is 36.5 Å². The third-order valence-electron chi connectivity index (χ3n) is 2.87. The molecule has 0 atom stereocenters. The van der Waals surface area contributed by atoms with Crippen molar-refractivity contribution in [3.05, 3.63) is 58.1 Å². The fourth-order valence-corrected chi connectivity index (χ4v) is 2.49. The lowest BCUT2D eigenvalue weighted by Crippen LogP contribution is -1.90. The van der Waals surface area contributed by atoms with E-state index in [0.29, 0.717) is 26.9 Å². The summed E-state index contributed by atoms with van der Waals surface area (Å²) in [6.45, 7) is 0. The number of halogens is 3. The highest BCUT2D eigenvalue weighted by atomic mass is 35.5. The molecular formula is C14H6Cl2FN3. The van der Waals surface area contributed by atoms with Gasteiger partial charge in [-0.25, -0.2) is 9.37 Å². The predicted molar refractivity (Wildman–Crippen MR) is 75.3 cm³/mol. The maximum atomic E-state index is 13.3. The number of nitrogens with zero attached hydrogens (tertiary/aromatic N) is 3. The number of nitriles is 1. The second-order valence-electron chi connectivity index (χ2n) is 4.12. The van der Waals surface area contributed by atoms with Crippen LogP contribution in [0.5, 0.6) is 0 Å². The van der Waals surface area contributed by atoms with Gasteiger partial charge in [0.1, 0.15) is 23.2 Å². The van der Waals surface area contributed by atoms with Crippen molar-refractivity contribution in [3.63, 3.8) is 0 Å². The number of aromatic nitrogens is 2. The SMILES string of the molecule is N#Cc1c(-c2ccc(Cl)cc2Cl)nc2ccc(F)cn12. The minimum Gasteiger partial charge on any atom is -0.288 e. The van der Waals surface area contributed by atoms with E-state index in [4.69, 9.17) is 23.2 Å². The summed E-state index contributed by atoms with van der Waals surface area (Å²) in [6.07, 6.45) is 1.22. The van der Waals surface area contributed by atoms with Crippen molar-refractivity contribution < 1.29 is 4.39 Å². The fourth-order valence-electron chi connectivity index (χ4n) is 1.99. The van der Waals surface area contributed by atoms with Gasteiger partial charge in [-0.2, -0.15) is 5.26 Å². The van der Waals surface area contributed by atoms with E-state index < -0.39 is 5.82 Å². The standard InChI is InChI=1S/C14H6Cl2FN3/c15-8-1-3-10(11(16)5-8)14-12(6-18)20-7-9(17)2-4-13(20)19-14/h1-5,7H. The largest absolute Gasteiger partial charge is 0.288 e. The van der Waals surface area contributed by atoms with Gasteiger partial charge in [0.05, 0.1) is 5.02 Å². The molecule has 6 heteroatoms. The number of imidazole rings is 1. The van der Waals surface area contributed by atoms with Crippen molar-refractivity contribution in [1.82, 2.24) is 9.38 Å². The molecule has 2 heterocycles. The van der Waals surface area contributed by atoms with E-state index >= 15 is 0 Å². The first kappa shape index (κ1) is 12.9. The van der Waals surface area contributed by atoms with E-state index in [1.165, 1.54) is 22.7 Å². The molecule has 0 N–H and O–H groups in total. The maximum Gasteiger partial charge on any atom is 0.152 e. The first-order valence-electron chi connectivity index (χ1n) is 5.63. The number of pyridine rings is 1. The summed E-state index contributed by atoms with van der Waals surface area (Å²) in [6, 6.07) is 9.74. The van der Waals surface area contributed by atoms with Crippen LogP contribution >= 0.6 is 23.2 Å². The molecule has 0 amide bonds. The van der Waals surface area contributed by atoms with Gasteiger partial charge in [-0.3, -0.25) is 4.40 Å². The number of benzene rings is 1. The monoisotopic (exact) mass is 305 g/mol. The Morgan fingerprint density at radius 1 is 1.20 bits per heavy atom. The molecule has 0 fully saturated rings. The summed E-state index contributed by atoms with van der Waals surface area (Å²) in [5.41, 5.74) is 1.68. The zero-order chi connectivity index (χ0) is 14.3. The lowest BCUT2D eigenvalue weighted by molar-refractivity contribution is 0.619. The van der Waals surface area contributed by atoms with Crippen molar-refractivity contribution >= 4 is 28.8 Å². The average molecular weight is 306 g/mol. The molecule has 0 aliphatic rings. The number of fused-ring (bicyclic) bond motifs is 1. The molecule has 0 saturated carbocycles. The van der Waals surface area contributed by atoms with Crippen LogP contribution < -0.4 is 0 Å². The van der Waals surface area contributed by atoms with Gasteiger partial charge in [0, 0.05) is 16.8 Å². The molecule has 98 valence electrons. The third kappa shape index (κ3) is 2.01. The van der Waals surface area contributed by atoms with Crippen LogP contribution in [0.3, 0.4) is 0 Å². The van der Waals surface area contributed by atoms with Crippen molar-refractivity contribution in [2.45, 2.75) is 0 Å². The quantitative estimate of drug-likeness (QED) is 0.672. The highest BCUT2D eigenvalue weighted by molar-refractivity contribution is 6.36. The Labute approximate surface area is 123 Å². The number of hydrogen-bond acceptors (Lipinski definition) is 2. The molecule has 2 aromatic heterocycles. The molecule has 3 aromatic rings. The zero-order valence-corrected chi connectivity index (χ0v) is 11.5. The second kappa shape index (κ2) is 4.78. The summed E-state index contributed by atoms with van der Waals surface area (Å²) < 4.78 is 14.7. The van der Waals surface area contributed by atoms with Crippen LogP contribution in [0, 0.1) is 17.1 Å². The van der Waals surface area contributed by atoms with Gasteiger partial charge in [-0.1, -0.05) is 23.2 Å². The third-order valence-corrected chi connectivity index (χ3v) is 3.42. The Balaban J connectivity index is 2.34. The molecule has 0 spiro atoms. The van der Waals surface area contributed by atoms with Gasteiger partial charge in [-0.15, -0.1) is 0 Å². The van der Waals surface area contributed by atoms with E-state index in [-0.39, 0.29) is 5.69 Å². The molecule has 0 unspecified atom stereocenters. The lowest BCUT2D eigenvalue weighted by Gasteiger charge is -2.01. The van der Waals surface area contributed by atoms with Crippen LogP contribution in [0.1, 0.15) is 5.69 Å². The molecule has 3 nitrogen and oxygen atoms in total. The number of hydrogen-bond donors (Lipinski definition) is 0. The Kier molecular flexibility index (Phi) is 3.09. The van der Waals surface area contributed by atoms with Crippen LogP contribution in [0.25, 0.3) is 16.9 Å². The second-order valence-corrected chi connectivity index (χ2v) is 4.96. The van der Waals surface area contributed by atoms with E-state index in [0.717, 1.165) is 0 Å². The Bertz CT molecular complexity index is 865. The van der Waals surface area contributed by atoms with Gasteiger partial charge >= 0.3 is 0 Å². The van der Waals surface area contributed by atoms with Gasteiger partial charge in [0.25, 0.3) is 0 Å². The van der Waals surface area contributed by atoms with Crippen molar-refractivity contribution in [1.29, 1.82) is 5.26 Å². The summed E-state index contributed by atoms with van der Waals surface area (Å²) in [4.78, 5) is 4.33.